The Morgan fingerprint density at radius 3 is 2.40 bits per heavy atom. The summed E-state index contributed by atoms with van der Waals surface area (Å²) < 4.78 is 77.1. The van der Waals surface area contributed by atoms with Gasteiger partial charge in [0.05, 0.1) is 11.4 Å². The monoisotopic (exact) mass is 304 g/mol. The van der Waals surface area contributed by atoms with E-state index in [9.17, 15) is 26.3 Å². The van der Waals surface area contributed by atoms with Gasteiger partial charge >= 0.3 is 12.8 Å². The van der Waals surface area contributed by atoms with Crippen LogP contribution in [0.15, 0.2) is 12.1 Å². The van der Waals surface area contributed by atoms with E-state index in [-0.39, 0.29) is 11.4 Å². The van der Waals surface area contributed by atoms with E-state index in [1.807, 2.05) is 0 Å². The molecule has 114 valence electrons. The van der Waals surface area contributed by atoms with Gasteiger partial charge in [0, 0.05) is 18.7 Å². The van der Waals surface area contributed by atoms with Crippen LogP contribution >= 0.6 is 0 Å². The standard InChI is InChI=1S/C10H10F6N2O2/c11-4-1-5(17)6(2-7(4)20-9(12)13)18-3-8(19)10(14,15)16/h1-2,8-9,18-19H,3,17H2. The van der Waals surface area contributed by atoms with Crippen molar-refractivity contribution < 1.29 is 36.2 Å². The van der Waals surface area contributed by atoms with E-state index in [1.54, 1.807) is 0 Å². The number of aliphatic hydroxyl groups excluding tert-OH is 1. The maximum atomic E-state index is 13.2. The van der Waals surface area contributed by atoms with E-state index in [0.29, 0.717) is 12.1 Å². The van der Waals surface area contributed by atoms with E-state index in [1.165, 1.54) is 0 Å². The quantitative estimate of drug-likeness (QED) is 0.577. The molecule has 0 bridgehead atoms. The summed E-state index contributed by atoms with van der Waals surface area (Å²) in [7, 11) is 0. The van der Waals surface area contributed by atoms with Crippen LogP contribution in [0.3, 0.4) is 0 Å². The zero-order valence-electron chi connectivity index (χ0n) is 9.72. The molecule has 0 saturated carbocycles. The molecule has 1 aromatic carbocycles. The third-order valence-electron chi connectivity index (χ3n) is 2.18. The van der Waals surface area contributed by atoms with E-state index in [2.05, 4.69) is 10.1 Å². The molecular weight excluding hydrogens is 294 g/mol. The van der Waals surface area contributed by atoms with Crippen molar-refractivity contribution in [2.75, 3.05) is 17.6 Å². The summed E-state index contributed by atoms with van der Waals surface area (Å²) in [6.45, 7) is -4.28. The molecule has 1 aromatic rings. The van der Waals surface area contributed by atoms with Crippen molar-refractivity contribution in [1.29, 1.82) is 0 Å². The second-order valence-electron chi connectivity index (χ2n) is 3.69. The summed E-state index contributed by atoms with van der Waals surface area (Å²) in [6.07, 6.45) is -7.55. The molecule has 0 heterocycles. The predicted octanol–water partition coefficient (Wildman–Crippen LogP) is 2.34. The zero-order chi connectivity index (χ0) is 15.5. The molecule has 0 fully saturated rings. The minimum Gasteiger partial charge on any atom is -0.432 e. The molecule has 0 spiro atoms. The van der Waals surface area contributed by atoms with Crippen molar-refractivity contribution >= 4 is 11.4 Å². The summed E-state index contributed by atoms with van der Waals surface area (Å²) in [6, 6.07) is 1.29. The molecular formula is C10H10F6N2O2. The van der Waals surface area contributed by atoms with E-state index < -0.39 is 37.0 Å². The lowest BCUT2D eigenvalue weighted by atomic mass is 10.2. The third kappa shape index (κ3) is 4.37. The Labute approximate surface area is 109 Å². The Balaban J connectivity index is 2.84. The highest BCUT2D eigenvalue weighted by Gasteiger charge is 2.37. The average Bonchev–Trinajstić information content (AvgIpc) is 2.28. The number of halogens is 6. The zero-order valence-corrected chi connectivity index (χ0v) is 9.72. The van der Waals surface area contributed by atoms with Gasteiger partial charge in [0.15, 0.2) is 17.7 Å². The number of aliphatic hydroxyl groups is 1. The molecule has 0 radical (unpaired) electrons. The Kier molecular flexibility index (Phi) is 4.93. The van der Waals surface area contributed by atoms with Crippen LogP contribution in [0, 0.1) is 5.82 Å². The third-order valence-corrected chi connectivity index (χ3v) is 2.18. The molecule has 1 unspecified atom stereocenters. The number of nitrogen functional groups attached to an aromatic ring is 1. The van der Waals surface area contributed by atoms with Gasteiger partial charge in [-0.15, -0.1) is 0 Å². The number of nitrogens with two attached hydrogens (primary N) is 1. The summed E-state index contributed by atoms with van der Waals surface area (Å²) in [4.78, 5) is 0. The fourth-order valence-corrected chi connectivity index (χ4v) is 1.23. The van der Waals surface area contributed by atoms with Crippen LogP contribution in [0.1, 0.15) is 0 Å². The van der Waals surface area contributed by atoms with Gasteiger partial charge < -0.3 is 20.9 Å². The van der Waals surface area contributed by atoms with Crippen molar-refractivity contribution in [3.05, 3.63) is 17.9 Å². The van der Waals surface area contributed by atoms with Gasteiger partial charge in [-0.2, -0.15) is 22.0 Å². The van der Waals surface area contributed by atoms with Crippen LogP contribution in [0.2, 0.25) is 0 Å². The van der Waals surface area contributed by atoms with Gasteiger partial charge in [-0.1, -0.05) is 0 Å². The van der Waals surface area contributed by atoms with Gasteiger partial charge in [0.1, 0.15) is 0 Å². The number of nitrogens with one attached hydrogen (secondary N) is 1. The van der Waals surface area contributed by atoms with Crippen molar-refractivity contribution in [3.63, 3.8) is 0 Å². The SMILES string of the molecule is Nc1cc(F)c(OC(F)F)cc1NCC(O)C(F)(F)F. The molecule has 20 heavy (non-hydrogen) atoms. The Hall–Kier alpha value is -1.84. The molecule has 0 amide bonds. The van der Waals surface area contributed by atoms with E-state index in [0.717, 1.165) is 0 Å². The van der Waals surface area contributed by atoms with Crippen molar-refractivity contribution in [3.8, 4) is 5.75 Å². The highest BCUT2D eigenvalue weighted by atomic mass is 19.4. The summed E-state index contributed by atoms with van der Waals surface area (Å²) in [5, 5.41) is 10.8. The number of rotatable bonds is 5. The number of hydrogen-bond donors (Lipinski definition) is 3. The first-order chi connectivity index (χ1) is 9.11. The molecule has 0 saturated heterocycles. The molecule has 10 heteroatoms. The van der Waals surface area contributed by atoms with Crippen molar-refractivity contribution in [1.82, 2.24) is 0 Å². The first kappa shape index (κ1) is 16.2. The summed E-state index contributed by atoms with van der Waals surface area (Å²) in [5.41, 5.74) is 4.71. The van der Waals surface area contributed by atoms with Crippen molar-refractivity contribution in [2.45, 2.75) is 18.9 Å². The fraction of sp³-hybridized carbons (Fsp3) is 0.400. The van der Waals surface area contributed by atoms with Crippen LogP contribution in [0.4, 0.5) is 37.7 Å². The first-order valence-electron chi connectivity index (χ1n) is 5.13. The maximum Gasteiger partial charge on any atom is 0.416 e. The minimum atomic E-state index is -4.86. The van der Waals surface area contributed by atoms with Gasteiger partial charge in [-0.25, -0.2) is 4.39 Å². The molecule has 4 nitrogen and oxygen atoms in total. The van der Waals surface area contributed by atoms with Gasteiger partial charge in [-0.3, -0.25) is 0 Å². The average molecular weight is 304 g/mol. The topological polar surface area (TPSA) is 67.5 Å². The van der Waals surface area contributed by atoms with Crippen LogP contribution < -0.4 is 15.8 Å². The molecule has 0 aliphatic heterocycles. The van der Waals surface area contributed by atoms with Crippen LogP contribution in [-0.2, 0) is 0 Å². The molecule has 4 N–H and O–H groups in total. The second-order valence-corrected chi connectivity index (χ2v) is 3.69. The Morgan fingerprint density at radius 2 is 1.90 bits per heavy atom. The lowest BCUT2D eigenvalue weighted by Gasteiger charge is -2.17. The minimum absolute atomic E-state index is 0.273. The van der Waals surface area contributed by atoms with Gasteiger partial charge in [-0.05, 0) is 0 Å². The lowest BCUT2D eigenvalue weighted by Crippen LogP contribution is -2.35. The van der Waals surface area contributed by atoms with Crippen LogP contribution in [-0.4, -0.2) is 30.5 Å². The number of benzene rings is 1. The smallest absolute Gasteiger partial charge is 0.416 e. The van der Waals surface area contributed by atoms with Gasteiger partial charge in [0.25, 0.3) is 0 Å². The van der Waals surface area contributed by atoms with Crippen LogP contribution in [0.25, 0.3) is 0 Å². The maximum absolute atomic E-state index is 13.2. The molecule has 0 aliphatic rings. The summed E-state index contributed by atoms with van der Waals surface area (Å²) in [5.74, 6) is -2.07. The number of alkyl halides is 5. The summed E-state index contributed by atoms with van der Waals surface area (Å²) >= 11 is 0. The first-order valence-corrected chi connectivity index (χ1v) is 5.13. The normalized spacial score (nSPS) is 13.4. The molecule has 0 aromatic heterocycles. The highest BCUT2D eigenvalue weighted by Crippen LogP contribution is 2.30. The molecule has 0 aliphatic carbocycles. The Morgan fingerprint density at radius 1 is 1.30 bits per heavy atom. The second kappa shape index (κ2) is 6.07. The fourth-order valence-electron chi connectivity index (χ4n) is 1.23. The number of ether oxygens (including phenoxy) is 1. The highest BCUT2D eigenvalue weighted by molar-refractivity contribution is 5.68. The van der Waals surface area contributed by atoms with Crippen molar-refractivity contribution in [2.24, 2.45) is 0 Å². The largest absolute Gasteiger partial charge is 0.432 e. The number of anilines is 2. The van der Waals surface area contributed by atoms with Gasteiger partial charge in [0.2, 0.25) is 0 Å². The van der Waals surface area contributed by atoms with E-state index in [4.69, 9.17) is 10.8 Å². The molecule has 1 atom stereocenters. The Bertz CT molecular complexity index is 466. The molecule has 1 rings (SSSR count). The number of hydrogen-bond acceptors (Lipinski definition) is 4. The predicted molar refractivity (Wildman–Crippen MR) is 58.0 cm³/mol. The lowest BCUT2D eigenvalue weighted by molar-refractivity contribution is -0.198. The van der Waals surface area contributed by atoms with Crippen LogP contribution in [0.5, 0.6) is 5.75 Å². The van der Waals surface area contributed by atoms with E-state index >= 15 is 0 Å².